The summed E-state index contributed by atoms with van der Waals surface area (Å²) in [5, 5.41) is 9.25. The van der Waals surface area contributed by atoms with E-state index in [1.54, 1.807) is 48.4 Å². The zero-order chi connectivity index (χ0) is 22.3. The highest BCUT2D eigenvalue weighted by Gasteiger charge is 2.20. The second kappa shape index (κ2) is 10.5. The fourth-order valence-corrected chi connectivity index (χ4v) is 4.42. The van der Waals surface area contributed by atoms with Gasteiger partial charge in [-0.05, 0) is 66.3 Å². The predicted octanol–water partition coefficient (Wildman–Crippen LogP) is 4.83. The summed E-state index contributed by atoms with van der Waals surface area (Å²) in [5.41, 5.74) is 4.58. The molecule has 0 aliphatic heterocycles. The SMILES string of the molecule is COc1ccc(C(=O)N(Cc2ccc(C3CCCCC3)cc2)c2ccc([B]O)cc2)cc1. The van der Waals surface area contributed by atoms with Crippen molar-refractivity contribution in [3.05, 3.63) is 89.5 Å². The molecule has 1 radical (unpaired) electrons. The molecule has 5 heteroatoms. The molecule has 0 saturated heterocycles. The molecule has 163 valence electrons. The van der Waals surface area contributed by atoms with Crippen LogP contribution in [0.1, 0.15) is 59.5 Å². The lowest BCUT2D eigenvalue weighted by Gasteiger charge is -2.25. The van der Waals surface area contributed by atoms with Crippen LogP contribution in [0.5, 0.6) is 5.75 Å². The molecular formula is C27H29BNO3. The summed E-state index contributed by atoms with van der Waals surface area (Å²) in [6.07, 6.45) is 6.53. The Morgan fingerprint density at radius 2 is 1.59 bits per heavy atom. The number of carbonyl (C=O) groups excluding carboxylic acids is 1. The van der Waals surface area contributed by atoms with Crippen molar-refractivity contribution in [1.29, 1.82) is 0 Å². The number of methoxy groups -OCH3 is 1. The van der Waals surface area contributed by atoms with Crippen LogP contribution in [-0.2, 0) is 6.54 Å². The van der Waals surface area contributed by atoms with Gasteiger partial charge in [0.1, 0.15) is 5.75 Å². The maximum absolute atomic E-state index is 13.4. The second-order valence-corrected chi connectivity index (χ2v) is 8.42. The first-order valence-corrected chi connectivity index (χ1v) is 11.3. The highest BCUT2D eigenvalue weighted by atomic mass is 16.5. The van der Waals surface area contributed by atoms with E-state index in [0.717, 1.165) is 18.7 Å². The number of rotatable bonds is 7. The summed E-state index contributed by atoms with van der Waals surface area (Å²) in [5.74, 6) is 1.30. The Balaban J connectivity index is 1.58. The van der Waals surface area contributed by atoms with E-state index in [1.165, 1.54) is 37.7 Å². The molecule has 3 aromatic rings. The van der Waals surface area contributed by atoms with Gasteiger partial charge in [0.15, 0.2) is 0 Å². The third-order valence-corrected chi connectivity index (χ3v) is 6.33. The van der Waals surface area contributed by atoms with Gasteiger partial charge in [-0.1, -0.05) is 61.1 Å². The number of nitrogens with zero attached hydrogens (tertiary/aromatic N) is 1. The lowest BCUT2D eigenvalue weighted by atomic mass is 9.84. The van der Waals surface area contributed by atoms with Crippen LogP contribution in [0, 0.1) is 0 Å². The van der Waals surface area contributed by atoms with Gasteiger partial charge in [0.2, 0.25) is 0 Å². The predicted molar refractivity (Wildman–Crippen MR) is 130 cm³/mol. The average molecular weight is 426 g/mol. The van der Waals surface area contributed by atoms with Crippen molar-refractivity contribution in [3.8, 4) is 5.75 Å². The van der Waals surface area contributed by atoms with E-state index in [4.69, 9.17) is 4.74 Å². The van der Waals surface area contributed by atoms with Crippen molar-refractivity contribution < 1.29 is 14.6 Å². The fraction of sp³-hybridized carbons (Fsp3) is 0.296. The highest BCUT2D eigenvalue weighted by Crippen LogP contribution is 2.33. The van der Waals surface area contributed by atoms with Crippen LogP contribution >= 0.6 is 0 Å². The second-order valence-electron chi connectivity index (χ2n) is 8.42. The molecule has 1 N–H and O–H groups in total. The van der Waals surface area contributed by atoms with Gasteiger partial charge in [-0.3, -0.25) is 4.79 Å². The molecule has 1 saturated carbocycles. The van der Waals surface area contributed by atoms with Gasteiger partial charge in [-0.15, -0.1) is 0 Å². The normalized spacial score (nSPS) is 14.1. The lowest BCUT2D eigenvalue weighted by molar-refractivity contribution is 0.0985. The summed E-state index contributed by atoms with van der Waals surface area (Å²) >= 11 is 0. The Morgan fingerprint density at radius 3 is 2.19 bits per heavy atom. The Kier molecular flexibility index (Phi) is 7.28. The topological polar surface area (TPSA) is 49.8 Å². The number of amides is 1. The molecule has 32 heavy (non-hydrogen) atoms. The summed E-state index contributed by atoms with van der Waals surface area (Å²) in [6.45, 7) is 0.470. The average Bonchev–Trinajstić information content (AvgIpc) is 2.88. The zero-order valence-corrected chi connectivity index (χ0v) is 18.5. The number of carbonyl (C=O) groups is 1. The highest BCUT2D eigenvalue weighted by molar-refractivity contribution is 6.45. The van der Waals surface area contributed by atoms with Gasteiger partial charge < -0.3 is 14.7 Å². The van der Waals surface area contributed by atoms with Crippen LogP contribution < -0.4 is 15.1 Å². The molecule has 4 rings (SSSR count). The molecule has 3 aromatic carbocycles. The van der Waals surface area contributed by atoms with E-state index in [9.17, 15) is 9.82 Å². The van der Waals surface area contributed by atoms with Gasteiger partial charge in [0.25, 0.3) is 5.91 Å². The van der Waals surface area contributed by atoms with Gasteiger partial charge in [0.05, 0.1) is 13.7 Å². The molecule has 1 amide bonds. The van der Waals surface area contributed by atoms with Crippen LogP contribution in [0.3, 0.4) is 0 Å². The molecule has 0 heterocycles. The molecule has 0 aromatic heterocycles. The Morgan fingerprint density at radius 1 is 0.938 bits per heavy atom. The minimum absolute atomic E-state index is 0.0789. The number of anilines is 1. The van der Waals surface area contributed by atoms with Crippen molar-refractivity contribution >= 4 is 24.5 Å². The molecule has 1 fully saturated rings. The van der Waals surface area contributed by atoms with Crippen molar-refractivity contribution in [3.63, 3.8) is 0 Å². The van der Waals surface area contributed by atoms with Crippen molar-refractivity contribution in [2.24, 2.45) is 0 Å². The Hall–Kier alpha value is -3.05. The number of ether oxygens (including phenoxy) is 1. The van der Waals surface area contributed by atoms with Gasteiger partial charge >= 0.3 is 7.48 Å². The zero-order valence-electron chi connectivity index (χ0n) is 18.5. The van der Waals surface area contributed by atoms with Crippen LogP contribution in [0.2, 0.25) is 0 Å². The van der Waals surface area contributed by atoms with Crippen molar-refractivity contribution in [2.45, 2.75) is 44.6 Å². The molecule has 1 aliphatic carbocycles. The first-order valence-electron chi connectivity index (χ1n) is 11.3. The van der Waals surface area contributed by atoms with Crippen LogP contribution in [0.25, 0.3) is 0 Å². The summed E-state index contributed by atoms with van der Waals surface area (Å²) < 4.78 is 5.22. The van der Waals surface area contributed by atoms with Gasteiger partial charge in [-0.2, -0.15) is 0 Å². The van der Waals surface area contributed by atoms with E-state index in [1.807, 2.05) is 12.1 Å². The van der Waals surface area contributed by atoms with E-state index < -0.39 is 0 Å². The van der Waals surface area contributed by atoms with Crippen LogP contribution in [0.15, 0.2) is 72.8 Å². The maximum atomic E-state index is 13.4. The number of benzene rings is 3. The molecular weight excluding hydrogens is 397 g/mol. The third-order valence-electron chi connectivity index (χ3n) is 6.33. The molecule has 1 aliphatic rings. The summed E-state index contributed by atoms with van der Waals surface area (Å²) in [7, 11) is 2.67. The Labute approximate surface area is 191 Å². The molecule has 0 atom stereocenters. The van der Waals surface area contributed by atoms with Crippen molar-refractivity contribution in [1.82, 2.24) is 0 Å². The monoisotopic (exact) mass is 426 g/mol. The van der Waals surface area contributed by atoms with Crippen LogP contribution in [-0.4, -0.2) is 25.5 Å². The van der Waals surface area contributed by atoms with Gasteiger partial charge in [-0.25, -0.2) is 0 Å². The molecule has 0 spiro atoms. The fourth-order valence-electron chi connectivity index (χ4n) is 4.42. The van der Waals surface area contributed by atoms with E-state index in [2.05, 4.69) is 24.3 Å². The molecule has 4 nitrogen and oxygen atoms in total. The molecule has 0 unspecified atom stereocenters. The smallest absolute Gasteiger partial charge is 0.326 e. The standard InChI is InChI=1S/C27H29BNO3/c1-32-26-17-11-23(12-18-26)27(30)29(25-15-13-24(28-31)14-16-25)19-20-7-9-22(10-8-20)21-5-3-2-4-6-21/h7-18,21,31H,2-6,19H2,1H3. The first kappa shape index (κ1) is 22.2. The van der Waals surface area contributed by atoms with Gasteiger partial charge in [0, 0.05) is 11.3 Å². The molecule has 0 bridgehead atoms. The first-order chi connectivity index (χ1) is 15.7. The lowest BCUT2D eigenvalue weighted by Crippen LogP contribution is -2.30. The number of hydrogen-bond acceptors (Lipinski definition) is 3. The number of hydrogen-bond donors (Lipinski definition) is 1. The summed E-state index contributed by atoms with van der Waals surface area (Å²) in [6, 6.07) is 23.2. The van der Waals surface area contributed by atoms with Crippen molar-refractivity contribution in [2.75, 3.05) is 12.0 Å². The van der Waals surface area contributed by atoms with Crippen LogP contribution in [0.4, 0.5) is 5.69 Å². The largest absolute Gasteiger partial charge is 0.497 e. The quantitative estimate of drug-likeness (QED) is 0.551. The van der Waals surface area contributed by atoms with E-state index in [0.29, 0.717) is 29.2 Å². The Bertz CT molecular complexity index is 1010. The van der Waals surface area contributed by atoms with E-state index >= 15 is 0 Å². The third kappa shape index (κ3) is 5.22. The minimum atomic E-state index is -0.0789. The summed E-state index contributed by atoms with van der Waals surface area (Å²) in [4.78, 5) is 15.2. The minimum Gasteiger partial charge on any atom is -0.497 e. The van der Waals surface area contributed by atoms with E-state index in [-0.39, 0.29) is 5.91 Å². The maximum Gasteiger partial charge on any atom is 0.326 e.